The van der Waals surface area contributed by atoms with Gasteiger partial charge >= 0.3 is 0 Å². The van der Waals surface area contributed by atoms with E-state index in [9.17, 15) is 4.79 Å². The fraction of sp³-hybridized carbons (Fsp3) is 0.412. The summed E-state index contributed by atoms with van der Waals surface area (Å²) in [5.41, 5.74) is 1.66. The summed E-state index contributed by atoms with van der Waals surface area (Å²) in [4.78, 5) is 19.0. The summed E-state index contributed by atoms with van der Waals surface area (Å²) in [6.45, 7) is 3.94. The molecule has 2 heterocycles. The lowest BCUT2D eigenvalue weighted by Crippen LogP contribution is -2.37. The molecule has 1 saturated heterocycles. The third kappa shape index (κ3) is 3.72. The molecule has 4 nitrogen and oxygen atoms in total. The van der Waals surface area contributed by atoms with Crippen LogP contribution in [0.15, 0.2) is 35.7 Å². The van der Waals surface area contributed by atoms with Gasteiger partial charge in [-0.3, -0.25) is 4.79 Å². The zero-order valence-electron chi connectivity index (χ0n) is 12.7. The maximum atomic E-state index is 12.8. The lowest BCUT2D eigenvalue weighted by atomic mass is 10.1. The average Bonchev–Trinajstić information content (AvgIpc) is 3.18. The van der Waals surface area contributed by atoms with Crippen molar-refractivity contribution in [3.05, 3.63) is 52.0 Å². The van der Waals surface area contributed by atoms with E-state index in [0.717, 1.165) is 30.0 Å². The zero-order chi connectivity index (χ0) is 15.4. The van der Waals surface area contributed by atoms with Gasteiger partial charge in [-0.2, -0.15) is 0 Å². The standard InChI is InChI=1S/C17H20N2O2S/c1-13-18-16(12-22-13)17(20)19(11-15-8-5-9-21-15)10-14-6-3-2-4-7-14/h2-4,6-7,12,15H,5,8-11H2,1H3. The third-order valence-corrected chi connectivity index (χ3v) is 4.56. The Morgan fingerprint density at radius 1 is 1.41 bits per heavy atom. The van der Waals surface area contributed by atoms with Crippen LogP contribution in [-0.2, 0) is 11.3 Å². The highest BCUT2D eigenvalue weighted by atomic mass is 32.1. The number of thiazole rings is 1. The summed E-state index contributed by atoms with van der Waals surface area (Å²) in [6.07, 6.45) is 2.25. The number of aromatic nitrogens is 1. The first-order valence-corrected chi connectivity index (χ1v) is 8.47. The molecule has 0 spiro atoms. The number of hydrogen-bond acceptors (Lipinski definition) is 4. The summed E-state index contributed by atoms with van der Waals surface area (Å²) in [6, 6.07) is 10.1. The maximum absolute atomic E-state index is 12.8. The van der Waals surface area contributed by atoms with Crippen LogP contribution in [0.3, 0.4) is 0 Å². The molecule has 3 rings (SSSR count). The number of carbonyl (C=O) groups excluding carboxylic acids is 1. The number of nitrogens with zero attached hydrogens (tertiary/aromatic N) is 2. The van der Waals surface area contributed by atoms with E-state index in [2.05, 4.69) is 4.98 Å². The van der Waals surface area contributed by atoms with E-state index >= 15 is 0 Å². The molecule has 1 aliphatic heterocycles. The fourth-order valence-corrected chi connectivity index (χ4v) is 3.27. The maximum Gasteiger partial charge on any atom is 0.273 e. The average molecular weight is 316 g/mol. The molecule has 1 aliphatic rings. The number of benzene rings is 1. The number of rotatable bonds is 5. The molecular formula is C17H20N2O2S. The quantitative estimate of drug-likeness (QED) is 0.850. The number of carbonyl (C=O) groups is 1. The van der Waals surface area contributed by atoms with Gasteiger partial charge in [0.05, 0.1) is 11.1 Å². The Bertz CT molecular complexity index is 621. The summed E-state index contributed by atoms with van der Waals surface area (Å²) in [5, 5.41) is 2.76. The first-order chi connectivity index (χ1) is 10.7. The molecule has 22 heavy (non-hydrogen) atoms. The summed E-state index contributed by atoms with van der Waals surface area (Å²) < 4.78 is 5.70. The lowest BCUT2D eigenvalue weighted by molar-refractivity contribution is 0.0503. The van der Waals surface area contributed by atoms with Gasteiger partial charge in [0.15, 0.2) is 0 Å². The number of ether oxygens (including phenoxy) is 1. The molecule has 0 saturated carbocycles. The summed E-state index contributed by atoms with van der Waals surface area (Å²) >= 11 is 1.51. The molecule has 1 amide bonds. The molecule has 0 bridgehead atoms. The Hall–Kier alpha value is -1.72. The van der Waals surface area contributed by atoms with Crippen LogP contribution in [-0.4, -0.2) is 35.0 Å². The molecule has 1 fully saturated rings. The van der Waals surface area contributed by atoms with Gasteiger partial charge in [-0.05, 0) is 25.3 Å². The predicted octanol–water partition coefficient (Wildman–Crippen LogP) is 3.27. The van der Waals surface area contributed by atoms with E-state index in [1.807, 2.05) is 47.5 Å². The van der Waals surface area contributed by atoms with Gasteiger partial charge in [-0.25, -0.2) is 4.98 Å². The molecule has 2 aromatic rings. The second kappa shape index (κ2) is 7.03. The Morgan fingerprint density at radius 3 is 2.86 bits per heavy atom. The van der Waals surface area contributed by atoms with Crippen LogP contribution in [0, 0.1) is 6.92 Å². The number of aryl methyl sites for hydroxylation is 1. The van der Waals surface area contributed by atoms with Crippen molar-refractivity contribution in [2.24, 2.45) is 0 Å². The SMILES string of the molecule is Cc1nc(C(=O)N(Cc2ccccc2)CC2CCCO2)cs1. The van der Waals surface area contributed by atoms with E-state index in [1.165, 1.54) is 11.3 Å². The second-order valence-electron chi connectivity index (χ2n) is 5.56. The molecule has 0 N–H and O–H groups in total. The van der Waals surface area contributed by atoms with Gasteiger partial charge in [-0.15, -0.1) is 11.3 Å². The van der Waals surface area contributed by atoms with E-state index in [-0.39, 0.29) is 12.0 Å². The van der Waals surface area contributed by atoms with Gasteiger partial charge in [0, 0.05) is 25.1 Å². The van der Waals surface area contributed by atoms with Crippen LogP contribution < -0.4 is 0 Å². The normalized spacial score (nSPS) is 17.6. The van der Waals surface area contributed by atoms with Crippen molar-refractivity contribution in [3.8, 4) is 0 Å². The van der Waals surface area contributed by atoms with Crippen molar-refractivity contribution in [2.45, 2.75) is 32.4 Å². The molecule has 5 heteroatoms. The Kier molecular flexibility index (Phi) is 4.85. The highest BCUT2D eigenvalue weighted by Crippen LogP contribution is 2.18. The van der Waals surface area contributed by atoms with Crippen molar-refractivity contribution < 1.29 is 9.53 Å². The zero-order valence-corrected chi connectivity index (χ0v) is 13.5. The van der Waals surface area contributed by atoms with Crippen molar-refractivity contribution in [1.29, 1.82) is 0 Å². The first-order valence-electron chi connectivity index (χ1n) is 7.59. The highest BCUT2D eigenvalue weighted by molar-refractivity contribution is 7.09. The van der Waals surface area contributed by atoms with E-state index in [1.54, 1.807) is 0 Å². The third-order valence-electron chi connectivity index (χ3n) is 3.79. The fourth-order valence-electron chi connectivity index (χ4n) is 2.68. The largest absolute Gasteiger partial charge is 0.376 e. The van der Waals surface area contributed by atoms with Crippen LogP contribution in [0.25, 0.3) is 0 Å². The van der Waals surface area contributed by atoms with Gasteiger partial charge in [0.1, 0.15) is 5.69 Å². The molecule has 116 valence electrons. The monoisotopic (exact) mass is 316 g/mol. The minimum Gasteiger partial charge on any atom is -0.376 e. The van der Waals surface area contributed by atoms with Crippen LogP contribution >= 0.6 is 11.3 Å². The van der Waals surface area contributed by atoms with Crippen molar-refractivity contribution in [2.75, 3.05) is 13.2 Å². The molecule has 1 aromatic heterocycles. The molecule has 1 unspecified atom stereocenters. The van der Waals surface area contributed by atoms with Crippen molar-refractivity contribution >= 4 is 17.2 Å². The highest BCUT2D eigenvalue weighted by Gasteiger charge is 2.24. The van der Waals surface area contributed by atoms with Gasteiger partial charge in [0.2, 0.25) is 0 Å². The van der Waals surface area contributed by atoms with Gasteiger partial charge < -0.3 is 9.64 Å². The summed E-state index contributed by atoms with van der Waals surface area (Å²) in [7, 11) is 0. The Morgan fingerprint density at radius 2 is 2.23 bits per heavy atom. The second-order valence-corrected chi connectivity index (χ2v) is 6.62. The van der Waals surface area contributed by atoms with Crippen LogP contribution in [0.5, 0.6) is 0 Å². The topological polar surface area (TPSA) is 42.4 Å². The molecule has 1 aromatic carbocycles. The van der Waals surface area contributed by atoms with Crippen LogP contribution in [0.4, 0.5) is 0 Å². The number of hydrogen-bond donors (Lipinski definition) is 0. The van der Waals surface area contributed by atoms with Crippen LogP contribution in [0.2, 0.25) is 0 Å². The molecular weight excluding hydrogens is 296 g/mol. The van der Waals surface area contributed by atoms with Crippen molar-refractivity contribution in [1.82, 2.24) is 9.88 Å². The molecule has 1 atom stereocenters. The van der Waals surface area contributed by atoms with Crippen LogP contribution in [0.1, 0.15) is 33.9 Å². The van der Waals surface area contributed by atoms with E-state index < -0.39 is 0 Å². The van der Waals surface area contributed by atoms with Gasteiger partial charge in [0.25, 0.3) is 5.91 Å². The smallest absolute Gasteiger partial charge is 0.273 e. The van der Waals surface area contributed by atoms with E-state index in [0.29, 0.717) is 18.8 Å². The first kappa shape index (κ1) is 15.2. The van der Waals surface area contributed by atoms with Crippen molar-refractivity contribution in [3.63, 3.8) is 0 Å². The van der Waals surface area contributed by atoms with E-state index in [4.69, 9.17) is 4.74 Å². The minimum atomic E-state index is -0.0105. The Labute approximate surface area is 134 Å². The molecule has 0 aliphatic carbocycles. The summed E-state index contributed by atoms with van der Waals surface area (Å²) in [5.74, 6) is -0.0105. The predicted molar refractivity (Wildman–Crippen MR) is 87.0 cm³/mol. The Balaban J connectivity index is 1.76. The number of amides is 1. The lowest BCUT2D eigenvalue weighted by Gasteiger charge is -2.25. The molecule has 0 radical (unpaired) electrons. The minimum absolute atomic E-state index is 0.0105. The van der Waals surface area contributed by atoms with Gasteiger partial charge in [-0.1, -0.05) is 30.3 Å².